The Kier molecular flexibility index (Phi) is 4.04. The molecule has 0 heterocycles. The van der Waals surface area contributed by atoms with Gasteiger partial charge in [0.05, 0.1) is 4.47 Å². The largest absolute Gasteiger partial charge is 0.294 e. The van der Waals surface area contributed by atoms with Crippen LogP contribution in [0.15, 0.2) is 40.9 Å². The van der Waals surface area contributed by atoms with E-state index in [4.69, 9.17) is 0 Å². The first-order valence-electron chi connectivity index (χ1n) is 5.39. The van der Waals surface area contributed by atoms with Gasteiger partial charge in [-0.05, 0) is 45.8 Å². The van der Waals surface area contributed by atoms with Gasteiger partial charge in [-0.1, -0.05) is 6.07 Å². The van der Waals surface area contributed by atoms with E-state index in [0.29, 0.717) is 0 Å². The topological polar surface area (TPSA) is 17.1 Å². The van der Waals surface area contributed by atoms with Gasteiger partial charge in [-0.15, -0.1) is 0 Å². The molecule has 1 nitrogen and oxygen atoms in total. The van der Waals surface area contributed by atoms with Gasteiger partial charge in [-0.3, -0.25) is 4.79 Å². The molecule has 0 saturated heterocycles. The van der Waals surface area contributed by atoms with Gasteiger partial charge in [0.15, 0.2) is 5.78 Å². The summed E-state index contributed by atoms with van der Waals surface area (Å²) in [6, 6.07) is 6.85. The van der Waals surface area contributed by atoms with E-state index in [1.807, 2.05) is 0 Å². The highest BCUT2D eigenvalue weighted by molar-refractivity contribution is 9.10. The van der Waals surface area contributed by atoms with Gasteiger partial charge >= 0.3 is 0 Å². The number of rotatable bonds is 3. The molecule has 19 heavy (non-hydrogen) atoms. The minimum atomic E-state index is -0.769. The molecule has 98 valence electrons. The number of carbonyl (C=O) groups is 1. The zero-order chi connectivity index (χ0) is 14.0. The van der Waals surface area contributed by atoms with Crippen LogP contribution in [-0.2, 0) is 6.42 Å². The molecule has 2 aromatic rings. The third-order valence-corrected chi connectivity index (χ3v) is 3.22. The van der Waals surface area contributed by atoms with Gasteiger partial charge in [0.1, 0.15) is 17.5 Å². The summed E-state index contributed by atoms with van der Waals surface area (Å²) in [7, 11) is 0. The highest BCUT2D eigenvalue weighted by Gasteiger charge is 2.12. The lowest BCUT2D eigenvalue weighted by Crippen LogP contribution is -2.05. The molecular formula is C14H8BrF3O. The Morgan fingerprint density at radius 3 is 2.37 bits per heavy atom. The third-order valence-electron chi connectivity index (χ3n) is 2.61. The van der Waals surface area contributed by atoms with Crippen molar-refractivity contribution >= 4 is 21.7 Å². The molecule has 2 aromatic carbocycles. The van der Waals surface area contributed by atoms with E-state index in [-0.39, 0.29) is 27.8 Å². The molecule has 0 radical (unpaired) electrons. The molecule has 0 fully saturated rings. The Balaban J connectivity index is 2.23. The molecule has 0 N–H and O–H groups in total. The highest BCUT2D eigenvalue weighted by Crippen LogP contribution is 2.19. The van der Waals surface area contributed by atoms with E-state index in [0.717, 1.165) is 18.2 Å². The fourth-order valence-corrected chi connectivity index (χ4v) is 1.99. The fraction of sp³-hybridized carbons (Fsp3) is 0.0714. The van der Waals surface area contributed by atoms with E-state index in [1.165, 1.54) is 18.2 Å². The van der Waals surface area contributed by atoms with Gasteiger partial charge < -0.3 is 0 Å². The lowest BCUT2D eigenvalue weighted by molar-refractivity contribution is 0.0991. The van der Waals surface area contributed by atoms with Crippen LogP contribution in [0.4, 0.5) is 13.2 Å². The van der Waals surface area contributed by atoms with Crippen molar-refractivity contribution in [1.82, 2.24) is 0 Å². The SMILES string of the molecule is O=C(Cc1ccc(F)cc1F)c1ccc(F)c(Br)c1. The average molecular weight is 329 g/mol. The number of Topliss-reactive ketones (excluding diaryl/α,β-unsaturated/α-hetero) is 1. The Morgan fingerprint density at radius 1 is 1.00 bits per heavy atom. The molecule has 0 spiro atoms. The van der Waals surface area contributed by atoms with Crippen molar-refractivity contribution in [3.63, 3.8) is 0 Å². The van der Waals surface area contributed by atoms with Crippen molar-refractivity contribution < 1.29 is 18.0 Å². The zero-order valence-corrected chi connectivity index (χ0v) is 11.2. The second-order valence-corrected chi connectivity index (χ2v) is 4.82. The normalized spacial score (nSPS) is 10.5. The second-order valence-electron chi connectivity index (χ2n) is 3.96. The van der Waals surface area contributed by atoms with Crippen LogP contribution in [-0.4, -0.2) is 5.78 Å². The summed E-state index contributed by atoms with van der Waals surface area (Å²) in [6.07, 6.45) is -0.204. The predicted octanol–water partition coefficient (Wildman–Crippen LogP) is 4.29. The first-order chi connectivity index (χ1) is 8.97. The minimum absolute atomic E-state index is 0.104. The average Bonchev–Trinajstić information content (AvgIpc) is 2.36. The molecule has 0 aromatic heterocycles. The van der Waals surface area contributed by atoms with Gasteiger partial charge in [0, 0.05) is 18.1 Å². The third kappa shape index (κ3) is 3.23. The number of hydrogen-bond acceptors (Lipinski definition) is 1. The van der Waals surface area contributed by atoms with Gasteiger partial charge in [0.2, 0.25) is 0 Å². The van der Waals surface area contributed by atoms with Crippen LogP contribution in [0.3, 0.4) is 0 Å². The maximum absolute atomic E-state index is 13.4. The number of halogens is 4. The molecule has 0 bridgehead atoms. The highest BCUT2D eigenvalue weighted by atomic mass is 79.9. The molecule has 0 aliphatic rings. The lowest BCUT2D eigenvalue weighted by Gasteiger charge is -2.04. The van der Waals surface area contributed by atoms with E-state index >= 15 is 0 Å². The Bertz CT molecular complexity index is 641. The number of ketones is 1. The molecule has 0 aliphatic heterocycles. The maximum Gasteiger partial charge on any atom is 0.167 e. The molecule has 0 unspecified atom stereocenters. The lowest BCUT2D eigenvalue weighted by atomic mass is 10.0. The Hall–Kier alpha value is -1.62. The van der Waals surface area contributed by atoms with E-state index < -0.39 is 17.5 Å². The molecule has 0 saturated carbocycles. The smallest absolute Gasteiger partial charge is 0.167 e. The van der Waals surface area contributed by atoms with Gasteiger partial charge in [0.25, 0.3) is 0 Å². The molecule has 0 aliphatic carbocycles. The van der Waals surface area contributed by atoms with E-state index in [9.17, 15) is 18.0 Å². The number of benzene rings is 2. The van der Waals surface area contributed by atoms with Gasteiger partial charge in [-0.25, -0.2) is 13.2 Å². The number of hydrogen-bond donors (Lipinski definition) is 0. The summed E-state index contributed by atoms with van der Waals surface area (Å²) in [5, 5.41) is 0. The summed E-state index contributed by atoms with van der Waals surface area (Å²) >= 11 is 2.97. The summed E-state index contributed by atoms with van der Waals surface area (Å²) in [5.41, 5.74) is 0.365. The summed E-state index contributed by atoms with van der Waals surface area (Å²) in [4.78, 5) is 11.9. The van der Waals surface area contributed by atoms with Crippen LogP contribution in [0.1, 0.15) is 15.9 Å². The van der Waals surface area contributed by atoms with Crippen LogP contribution in [0.2, 0.25) is 0 Å². The molecule has 0 atom stereocenters. The van der Waals surface area contributed by atoms with E-state index in [1.54, 1.807) is 0 Å². The Labute approximate surface area is 116 Å². The van der Waals surface area contributed by atoms with Crippen LogP contribution in [0.25, 0.3) is 0 Å². The van der Waals surface area contributed by atoms with Gasteiger partial charge in [-0.2, -0.15) is 0 Å². The summed E-state index contributed by atoms with van der Waals surface area (Å²) in [6.45, 7) is 0. The molecule has 5 heteroatoms. The second kappa shape index (κ2) is 5.57. The number of carbonyl (C=O) groups excluding carboxylic acids is 1. The molecular weight excluding hydrogens is 321 g/mol. The molecule has 0 amide bonds. The quantitative estimate of drug-likeness (QED) is 0.768. The van der Waals surface area contributed by atoms with Crippen molar-refractivity contribution in [2.75, 3.05) is 0 Å². The van der Waals surface area contributed by atoms with Crippen LogP contribution in [0.5, 0.6) is 0 Å². The van der Waals surface area contributed by atoms with Crippen molar-refractivity contribution in [1.29, 1.82) is 0 Å². The van der Waals surface area contributed by atoms with Crippen LogP contribution < -0.4 is 0 Å². The van der Waals surface area contributed by atoms with E-state index in [2.05, 4.69) is 15.9 Å². The monoisotopic (exact) mass is 328 g/mol. The van der Waals surface area contributed by atoms with Crippen molar-refractivity contribution in [3.05, 3.63) is 69.4 Å². The van der Waals surface area contributed by atoms with Crippen LogP contribution in [0, 0.1) is 17.5 Å². The van der Waals surface area contributed by atoms with Crippen molar-refractivity contribution in [3.8, 4) is 0 Å². The first-order valence-corrected chi connectivity index (χ1v) is 6.19. The molecule has 2 rings (SSSR count). The van der Waals surface area contributed by atoms with Crippen LogP contribution >= 0.6 is 15.9 Å². The predicted molar refractivity (Wildman–Crippen MR) is 68.5 cm³/mol. The minimum Gasteiger partial charge on any atom is -0.294 e. The maximum atomic E-state index is 13.4. The summed E-state index contributed by atoms with van der Waals surface area (Å²) < 4.78 is 39.3. The fourth-order valence-electron chi connectivity index (χ4n) is 1.61. The van der Waals surface area contributed by atoms with Crippen molar-refractivity contribution in [2.45, 2.75) is 6.42 Å². The zero-order valence-electron chi connectivity index (χ0n) is 9.59. The first kappa shape index (κ1) is 13.8. The van der Waals surface area contributed by atoms with Crippen molar-refractivity contribution in [2.24, 2.45) is 0 Å². The summed E-state index contributed by atoms with van der Waals surface area (Å²) in [5.74, 6) is -2.32. The standard InChI is InChI=1S/C14H8BrF3O/c15-11-5-9(2-4-12(11)17)14(19)6-8-1-3-10(16)7-13(8)18/h1-5,7H,6H2. The Morgan fingerprint density at radius 2 is 1.74 bits per heavy atom.